The fourth-order valence-electron chi connectivity index (χ4n) is 2.46. The fourth-order valence-corrected chi connectivity index (χ4v) is 2.46. The predicted octanol–water partition coefficient (Wildman–Crippen LogP) is 4.41. The van der Waals surface area contributed by atoms with Gasteiger partial charge in [0.25, 0.3) is 0 Å². The maximum absolute atomic E-state index is 12.4. The van der Waals surface area contributed by atoms with Crippen molar-refractivity contribution in [2.75, 3.05) is 0 Å². The number of aromatic nitrogens is 1. The van der Waals surface area contributed by atoms with E-state index in [2.05, 4.69) is 12.1 Å². The lowest BCUT2D eigenvalue weighted by atomic mass is 10.0. The molecule has 0 aliphatic heterocycles. The third-order valence-electron chi connectivity index (χ3n) is 3.80. The molecule has 0 radical (unpaired) electrons. The molecule has 0 saturated heterocycles. The number of hydrogen-bond acceptors (Lipinski definition) is 1. The van der Waals surface area contributed by atoms with Crippen LogP contribution in [0.4, 0.5) is 0 Å². The Bertz CT molecular complexity index is 782. The van der Waals surface area contributed by atoms with Crippen molar-refractivity contribution in [2.24, 2.45) is 0 Å². The molecule has 0 saturated carbocycles. The molecule has 116 valence electrons. The van der Waals surface area contributed by atoms with Crippen LogP contribution in [0.2, 0.25) is 0 Å². The van der Waals surface area contributed by atoms with Crippen LogP contribution in [0.25, 0.3) is 11.1 Å². The molecule has 1 aromatic heterocycles. The molecular weight excluding hydrogens is 350 g/mol. The molecule has 0 amide bonds. The van der Waals surface area contributed by atoms with Gasteiger partial charge in [0.2, 0.25) is 12.3 Å². The van der Waals surface area contributed by atoms with Crippen molar-refractivity contribution in [3.8, 4) is 11.1 Å². The van der Waals surface area contributed by atoms with Crippen LogP contribution in [0.5, 0.6) is 0 Å². The Balaban J connectivity index is 0.00000192. The summed E-state index contributed by atoms with van der Waals surface area (Å²) >= 11 is 0. The third kappa shape index (κ3) is 4.14. The van der Waals surface area contributed by atoms with Crippen LogP contribution in [0.1, 0.15) is 16.1 Å². The maximum Gasteiger partial charge on any atom is 0.227 e. The highest BCUT2D eigenvalue weighted by Gasteiger charge is 2.13. The van der Waals surface area contributed by atoms with Gasteiger partial charge < -0.3 is 0 Å². The molecule has 0 aliphatic rings. The number of ketones is 1. The number of carbonyl (C=O) groups is 1. The van der Waals surface area contributed by atoms with Crippen LogP contribution in [0.3, 0.4) is 0 Å². The van der Waals surface area contributed by atoms with Gasteiger partial charge in [0, 0.05) is 24.6 Å². The Morgan fingerprint density at radius 1 is 0.826 bits per heavy atom. The highest BCUT2D eigenvalue weighted by Crippen LogP contribution is 2.19. The van der Waals surface area contributed by atoms with Crippen LogP contribution in [0, 0.1) is 6.92 Å². The van der Waals surface area contributed by atoms with Gasteiger partial charge in [0.05, 0.1) is 0 Å². The number of rotatable bonds is 4. The summed E-state index contributed by atoms with van der Waals surface area (Å²) in [5.74, 6) is 0.124. The minimum Gasteiger partial charge on any atom is -0.287 e. The van der Waals surface area contributed by atoms with E-state index in [9.17, 15) is 4.79 Å². The van der Waals surface area contributed by atoms with Crippen LogP contribution in [-0.4, -0.2) is 5.78 Å². The van der Waals surface area contributed by atoms with Gasteiger partial charge in [-0.05, 0) is 11.1 Å². The summed E-state index contributed by atoms with van der Waals surface area (Å²) in [6.07, 6.45) is 1.94. The number of carbonyl (C=O) groups excluding carboxylic acids is 1. The van der Waals surface area contributed by atoms with Crippen molar-refractivity contribution in [1.29, 1.82) is 0 Å². The van der Waals surface area contributed by atoms with Gasteiger partial charge in [-0.1, -0.05) is 60.7 Å². The highest BCUT2D eigenvalue weighted by molar-refractivity contribution is 8.93. The summed E-state index contributed by atoms with van der Waals surface area (Å²) in [6, 6.07) is 23.9. The molecule has 0 N–H and O–H groups in total. The molecule has 0 aliphatic carbocycles. The van der Waals surface area contributed by atoms with E-state index >= 15 is 0 Å². The van der Waals surface area contributed by atoms with Gasteiger partial charge in [-0.2, -0.15) is 4.57 Å². The second-order valence-corrected chi connectivity index (χ2v) is 5.34. The number of halogens is 1. The Morgan fingerprint density at radius 2 is 1.43 bits per heavy atom. The molecule has 0 unspecified atom stereocenters. The number of aryl methyl sites for hydroxylation is 1. The van der Waals surface area contributed by atoms with Gasteiger partial charge in [-0.25, -0.2) is 0 Å². The van der Waals surface area contributed by atoms with Crippen molar-refractivity contribution >= 4 is 22.8 Å². The Morgan fingerprint density at radius 3 is 2.09 bits per heavy atom. The second-order valence-electron chi connectivity index (χ2n) is 5.34. The average Bonchev–Trinajstić information content (AvgIpc) is 2.58. The van der Waals surface area contributed by atoms with Crippen molar-refractivity contribution in [2.45, 2.75) is 13.5 Å². The van der Waals surface area contributed by atoms with E-state index in [1.165, 1.54) is 0 Å². The molecule has 23 heavy (non-hydrogen) atoms. The van der Waals surface area contributed by atoms with Crippen molar-refractivity contribution in [3.05, 3.63) is 90.3 Å². The predicted molar refractivity (Wildman–Crippen MR) is 97.9 cm³/mol. The van der Waals surface area contributed by atoms with Gasteiger partial charge in [-0.3, -0.25) is 4.79 Å². The standard InChI is InChI=1S/C20H18NO.BrH/c1-16-7-5-6-14-21(16)15-20(22)19-12-10-18(11-13-19)17-8-3-2-4-9-17;/h2-14H,15H2,1H3;1H/q+1;. The molecule has 1 heterocycles. The third-order valence-corrected chi connectivity index (χ3v) is 3.80. The molecule has 0 fully saturated rings. The van der Waals surface area contributed by atoms with E-state index in [1.807, 2.05) is 78.4 Å². The lowest BCUT2D eigenvalue weighted by Gasteiger charge is -2.04. The molecule has 2 nitrogen and oxygen atoms in total. The van der Waals surface area contributed by atoms with Crippen LogP contribution < -0.4 is 4.57 Å². The lowest BCUT2D eigenvalue weighted by Crippen LogP contribution is -2.40. The lowest BCUT2D eigenvalue weighted by molar-refractivity contribution is -0.689. The number of nitrogens with zero attached hydrogens (tertiary/aromatic N) is 1. The Kier molecular flexibility index (Phi) is 5.83. The maximum atomic E-state index is 12.4. The first-order chi connectivity index (χ1) is 10.7. The zero-order chi connectivity index (χ0) is 15.4. The SMILES string of the molecule is Br.Cc1cccc[n+]1CC(=O)c1ccc(-c2ccccc2)cc1. The van der Waals surface area contributed by atoms with Gasteiger partial charge in [0.1, 0.15) is 0 Å². The van der Waals surface area contributed by atoms with Crippen molar-refractivity contribution in [1.82, 2.24) is 0 Å². The zero-order valence-corrected chi connectivity index (χ0v) is 14.7. The van der Waals surface area contributed by atoms with Gasteiger partial charge in [0.15, 0.2) is 11.9 Å². The van der Waals surface area contributed by atoms with Crippen LogP contribution in [0.15, 0.2) is 79.0 Å². The van der Waals surface area contributed by atoms with E-state index in [0.717, 1.165) is 22.4 Å². The first-order valence-electron chi connectivity index (χ1n) is 7.38. The number of Topliss-reactive ketones (excluding diaryl/α,β-unsaturated/α-hetero) is 1. The van der Waals surface area contributed by atoms with E-state index in [4.69, 9.17) is 0 Å². The topological polar surface area (TPSA) is 20.9 Å². The monoisotopic (exact) mass is 368 g/mol. The summed E-state index contributed by atoms with van der Waals surface area (Å²) in [6.45, 7) is 2.38. The number of hydrogen-bond donors (Lipinski definition) is 0. The van der Waals surface area contributed by atoms with Gasteiger partial charge in [-0.15, -0.1) is 17.0 Å². The first kappa shape index (κ1) is 17.1. The van der Waals surface area contributed by atoms with Crippen LogP contribution in [-0.2, 0) is 6.54 Å². The molecule has 0 spiro atoms. The Hall–Kier alpha value is -2.26. The fraction of sp³-hybridized carbons (Fsp3) is 0.100. The average molecular weight is 369 g/mol. The zero-order valence-electron chi connectivity index (χ0n) is 13.0. The smallest absolute Gasteiger partial charge is 0.227 e. The minimum atomic E-state index is 0. The van der Waals surface area contributed by atoms with E-state index in [1.54, 1.807) is 0 Å². The normalized spacial score (nSPS) is 9.96. The van der Waals surface area contributed by atoms with Crippen molar-refractivity contribution in [3.63, 3.8) is 0 Å². The molecule has 0 bridgehead atoms. The van der Waals surface area contributed by atoms with Crippen LogP contribution >= 0.6 is 17.0 Å². The second kappa shape index (κ2) is 7.84. The van der Waals surface area contributed by atoms with Crippen molar-refractivity contribution < 1.29 is 9.36 Å². The van der Waals surface area contributed by atoms with E-state index in [0.29, 0.717) is 6.54 Å². The van der Waals surface area contributed by atoms with E-state index < -0.39 is 0 Å². The first-order valence-corrected chi connectivity index (χ1v) is 7.38. The number of pyridine rings is 1. The minimum absolute atomic E-state index is 0. The summed E-state index contributed by atoms with van der Waals surface area (Å²) in [4.78, 5) is 12.4. The molecule has 0 atom stereocenters. The largest absolute Gasteiger partial charge is 0.287 e. The van der Waals surface area contributed by atoms with Gasteiger partial charge >= 0.3 is 0 Å². The molecule has 2 aromatic carbocycles. The van der Waals surface area contributed by atoms with E-state index in [-0.39, 0.29) is 22.8 Å². The highest BCUT2D eigenvalue weighted by atomic mass is 79.9. The summed E-state index contributed by atoms with van der Waals surface area (Å²) in [7, 11) is 0. The quantitative estimate of drug-likeness (QED) is 0.493. The summed E-state index contributed by atoms with van der Waals surface area (Å²) in [5, 5.41) is 0. The summed E-state index contributed by atoms with van der Waals surface area (Å²) in [5.41, 5.74) is 4.11. The molecule has 3 aromatic rings. The number of benzene rings is 2. The molecular formula is C20H19BrNO+. The molecule has 3 heteroatoms. The Labute approximate surface area is 147 Å². The molecule has 3 rings (SSSR count). The summed E-state index contributed by atoms with van der Waals surface area (Å²) < 4.78 is 1.97.